The van der Waals surface area contributed by atoms with Gasteiger partial charge < -0.3 is 29.0 Å². The monoisotopic (exact) mass is 591 g/mol. The average molecular weight is 592 g/mol. The van der Waals surface area contributed by atoms with Crippen LogP contribution in [0.1, 0.15) is 30.5 Å². The van der Waals surface area contributed by atoms with Crippen LogP contribution in [-0.2, 0) is 4.79 Å². The quantitative estimate of drug-likeness (QED) is 0.242. The van der Waals surface area contributed by atoms with Crippen molar-refractivity contribution in [3.05, 3.63) is 64.9 Å². The number of nitrogens with zero attached hydrogens (tertiary/aromatic N) is 4. The van der Waals surface area contributed by atoms with Crippen molar-refractivity contribution in [2.24, 2.45) is 5.10 Å². The molecule has 1 aliphatic heterocycles. The number of benzene rings is 3. The lowest BCUT2D eigenvalue weighted by atomic mass is 9.97. The third kappa shape index (κ3) is 5.42. The standard InChI is InChI=1S/C30H30ClN5O6/c1-16(37)36-23(18-11-26(40-4)28(42-6)27(12-18)41-5)14-21(35-36)17-8-7-9-19(10-17)32-29-20-13-24(38-2)25(39-3)15-22(20)33-30(31)34-29/h7-13,15,23H,14H2,1-6H3,(H,32,33,34). The molecule has 42 heavy (non-hydrogen) atoms. The lowest BCUT2D eigenvalue weighted by Crippen LogP contribution is -2.24. The molecule has 0 radical (unpaired) electrons. The normalized spacial score (nSPS) is 14.4. The van der Waals surface area contributed by atoms with Crippen LogP contribution in [-0.4, -0.2) is 62.1 Å². The first-order valence-corrected chi connectivity index (χ1v) is 13.3. The Hall–Kier alpha value is -4.77. The van der Waals surface area contributed by atoms with Crippen molar-refractivity contribution in [1.29, 1.82) is 0 Å². The Morgan fingerprint density at radius 2 is 1.55 bits per heavy atom. The fraction of sp³-hybridized carbons (Fsp3) is 0.267. The molecule has 218 valence electrons. The number of ether oxygens (including phenoxy) is 5. The highest BCUT2D eigenvalue weighted by atomic mass is 35.5. The maximum atomic E-state index is 12.7. The Labute approximate surface area is 248 Å². The van der Waals surface area contributed by atoms with Crippen molar-refractivity contribution in [2.75, 3.05) is 40.9 Å². The lowest BCUT2D eigenvalue weighted by Gasteiger charge is -2.22. The van der Waals surface area contributed by atoms with Crippen molar-refractivity contribution in [2.45, 2.75) is 19.4 Å². The largest absolute Gasteiger partial charge is 0.493 e. The van der Waals surface area contributed by atoms with Crippen LogP contribution in [0.4, 0.5) is 11.5 Å². The summed E-state index contributed by atoms with van der Waals surface area (Å²) in [5, 5.41) is 10.3. The number of fused-ring (bicyclic) bond motifs is 1. The molecule has 1 amide bonds. The number of anilines is 2. The molecule has 4 aromatic rings. The summed E-state index contributed by atoms with van der Waals surface area (Å²) >= 11 is 6.26. The number of aromatic nitrogens is 2. The van der Waals surface area contributed by atoms with E-state index in [0.717, 1.165) is 22.5 Å². The minimum Gasteiger partial charge on any atom is -0.493 e. The van der Waals surface area contributed by atoms with Gasteiger partial charge in [-0.25, -0.2) is 9.99 Å². The van der Waals surface area contributed by atoms with Gasteiger partial charge in [0.05, 0.1) is 52.8 Å². The van der Waals surface area contributed by atoms with Gasteiger partial charge in [0, 0.05) is 30.5 Å². The summed E-state index contributed by atoms with van der Waals surface area (Å²) in [6, 6.07) is 14.5. The second-order valence-electron chi connectivity index (χ2n) is 9.36. The Morgan fingerprint density at radius 1 is 0.881 bits per heavy atom. The van der Waals surface area contributed by atoms with Gasteiger partial charge in [-0.3, -0.25) is 4.79 Å². The Kier molecular flexibility index (Phi) is 8.21. The topological polar surface area (TPSA) is 117 Å². The predicted molar refractivity (Wildman–Crippen MR) is 160 cm³/mol. The molecule has 0 saturated carbocycles. The molecule has 1 atom stereocenters. The third-order valence-corrected chi connectivity index (χ3v) is 7.11. The van der Waals surface area contributed by atoms with E-state index < -0.39 is 0 Å². The summed E-state index contributed by atoms with van der Waals surface area (Å²) in [6.45, 7) is 1.49. The fourth-order valence-electron chi connectivity index (χ4n) is 4.96. The van der Waals surface area contributed by atoms with Crippen molar-refractivity contribution >= 4 is 45.6 Å². The summed E-state index contributed by atoms with van der Waals surface area (Å²) in [5.74, 6) is 2.85. The highest BCUT2D eigenvalue weighted by Crippen LogP contribution is 2.43. The fourth-order valence-corrected chi connectivity index (χ4v) is 5.14. The summed E-state index contributed by atoms with van der Waals surface area (Å²) in [4.78, 5) is 21.4. The molecule has 2 heterocycles. The number of carbonyl (C=O) groups is 1. The zero-order valence-corrected chi connectivity index (χ0v) is 24.8. The molecule has 0 bridgehead atoms. The first-order valence-electron chi connectivity index (χ1n) is 12.9. The third-order valence-electron chi connectivity index (χ3n) is 6.94. The molecule has 1 aromatic heterocycles. The predicted octanol–water partition coefficient (Wildman–Crippen LogP) is 5.77. The molecule has 0 aliphatic carbocycles. The van der Waals surface area contributed by atoms with E-state index >= 15 is 0 Å². The van der Waals surface area contributed by atoms with Crippen molar-refractivity contribution in [3.63, 3.8) is 0 Å². The van der Waals surface area contributed by atoms with Crippen LogP contribution in [0.15, 0.2) is 53.6 Å². The number of hydrazone groups is 1. The van der Waals surface area contributed by atoms with E-state index in [2.05, 4.69) is 15.3 Å². The van der Waals surface area contributed by atoms with Crippen molar-refractivity contribution < 1.29 is 28.5 Å². The molecule has 0 fully saturated rings. The Morgan fingerprint density at radius 3 is 2.17 bits per heavy atom. The summed E-state index contributed by atoms with van der Waals surface area (Å²) in [7, 11) is 7.78. The minimum atomic E-state index is -0.366. The Balaban J connectivity index is 1.48. The molecule has 11 nitrogen and oxygen atoms in total. The molecule has 1 aliphatic rings. The second kappa shape index (κ2) is 12.0. The SMILES string of the molecule is COc1cc2nc(Cl)nc(Nc3cccc(C4=NN(C(C)=O)C(c5cc(OC)c(OC)c(OC)c5)C4)c3)c2cc1OC. The highest BCUT2D eigenvalue weighted by Gasteiger charge is 2.33. The van der Waals surface area contributed by atoms with Crippen LogP contribution in [0.25, 0.3) is 10.9 Å². The van der Waals surface area contributed by atoms with E-state index in [1.165, 1.54) is 11.9 Å². The number of rotatable bonds is 9. The maximum absolute atomic E-state index is 12.7. The van der Waals surface area contributed by atoms with E-state index in [1.54, 1.807) is 47.7 Å². The summed E-state index contributed by atoms with van der Waals surface area (Å²) in [6.07, 6.45) is 0.473. The molecule has 1 N–H and O–H groups in total. The number of halogens is 1. The first-order chi connectivity index (χ1) is 20.3. The van der Waals surface area contributed by atoms with Crippen LogP contribution >= 0.6 is 11.6 Å². The maximum Gasteiger partial charge on any atom is 0.240 e. The smallest absolute Gasteiger partial charge is 0.240 e. The zero-order chi connectivity index (χ0) is 30.0. The van der Waals surface area contributed by atoms with Gasteiger partial charge in [-0.05, 0) is 53.1 Å². The number of hydrogen-bond donors (Lipinski definition) is 1. The van der Waals surface area contributed by atoms with Crippen LogP contribution in [0.2, 0.25) is 5.28 Å². The van der Waals surface area contributed by atoms with Crippen LogP contribution in [0.3, 0.4) is 0 Å². The first kappa shape index (κ1) is 28.7. The van der Waals surface area contributed by atoms with Gasteiger partial charge >= 0.3 is 0 Å². The zero-order valence-electron chi connectivity index (χ0n) is 24.0. The van der Waals surface area contributed by atoms with Gasteiger partial charge in [-0.15, -0.1) is 0 Å². The van der Waals surface area contributed by atoms with E-state index in [-0.39, 0.29) is 17.2 Å². The molecule has 3 aromatic carbocycles. The molecule has 0 saturated heterocycles. The summed E-state index contributed by atoms with van der Waals surface area (Å²) < 4.78 is 27.4. The highest BCUT2D eigenvalue weighted by molar-refractivity contribution is 6.29. The second-order valence-corrected chi connectivity index (χ2v) is 9.70. The summed E-state index contributed by atoms with van der Waals surface area (Å²) in [5.41, 5.74) is 3.72. The van der Waals surface area contributed by atoms with E-state index in [4.69, 9.17) is 40.4 Å². The van der Waals surface area contributed by atoms with Crippen molar-refractivity contribution in [3.8, 4) is 28.7 Å². The van der Waals surface area contributed by atoms with Gasteiger partial charge in [-0.2, -0.15) is 10.1 Å². The molecule has 0 spiro atoms. The number of amides is 1. The molecular formula is C30H30ClN5O6. The van der Waals surface area contributed by atoms with Gasteiger partial charge in [0.15, 0.2) is 23.0 Å². The van der Waals surface area contributed by atoms with E-state index in [1.807, 2.05) is 36.4 Å². The number of nitrogens with one attached hydrogen (secondary N) is 1. The number of carbonyl (C=O) groups excluding carboxylic acids is 1. The lowest BCUT2D eigenvalue weighted by molar-refractivity contribution is -0.130. The van der Waals surface area contributed by atoms with Crippen molar-refractivity contribution in [1.82, 2.24) is 15.0 Å². The molecule has 1 unspecified atom stereocenters. The van der Waals surface area contributed by atoms with Gasteiger partial charge in [0.2, 0.25) is 16.9 Å². The van der Waals surface area contributed by atoms with Crippen LogP contribution in [0.5, 0.6) is 28.7 Å². The van der Waals surface area contributed by atoms with Gasteiger partial charge in [0.1, 0.15) is 5.82 Å². The molecule has 5 rings (SSSR count). The van der Waals surface area contributed by atoms with Gasteiger partial charge in [0.25, 0.3) is 0 Å². The Bertz CT molecular complexity index is 1670. The van der Waals surface area contributed by atoms with E-state index in [9.17, 15) is 4.79 Å². The van der Waals surface area contributed by atoms with Crippen LogP contribution < -0.4 is 29.0 Å². The molecular weight excluding hydrogens is 562 g/mol. The minimum absolute atomic E-state index is 0.0823. The van der Waals surface area contributed by atoms with Crippen LogP contribution in [0, 0.1) is 0 Å². The number of hydrogen-bond acceptors (Lipinski definition) is 10. The number of methoxy groups -OCH3 is 5. The van der Waals surface area contributed by atoms with E-state index in [0.29, 0.717) is 51.9 Å². The van der Waals surface area contributed by atoms with Gasteiger partial charge in [-0.1, -0.05) is 12.1 Å². The average Bonchev–Trinajstić information content (AvgIpc) is 3.46. The molecule has 12 heteroatoms.